The van der Waals surface area contributed by atoms with Gasteiger partial charge in [0.25, 0.3) is 0 Å². The lowest BCUT2D eigenvalue weighted by Crippen LogP contribution is -2.32. The van der Waals surface area contributed by atoms with Crippen LogP contribution in [0.4, 0.5) is 0 Å². The quantitative estimate of drug-likeness (QED) is 0.852. The third kappa shape index (κ3) is 3.08. The van der Waals surface area contributed by atoms with Crippen molar-refractivity contribution in [2.75, 3.05) is 6.54 Å². The summed E-state index contributed by atoms with van der Waals surface area (Å²) in [6, 6.07) is 11.0. The lowest BCUT2D eigenvalue weighted by Gasteiger charge is -2.18. The predicted molar refractivity (Wildman–Crippen MR) is 87.6 cm³/mol. The van der Waals surface area contributed by atoms with E-state index in [2.05, 4.69) is 57.8 Å². The molecule has 0 fully saturated rings. The van der Waals surface area contributed by atoms with Crippen molar-refractivity contribution in [1.29, 1.82) is 0 Å². The van der Waals surface area contributed by atoms with Crippen molar-refractivity contribution in [3.63, 3.8) is 0 Å². The third-order valence-electron chi connectivity index (χ3n) is 3.65. The fraction of sp³-hybridized carbons (Fsp3) is 0.375. The van der Waals surface area contributed by atoms with Crippen molar-refractivity contribution >= 4 is 27.3 Å². The van der Waals surface area contributed by atoms with Crippen molar-refractivity contribution in [2.24, 2.45) is 0 Å². The van der Waals surface area contributed by atoms with E-state index in [-0.39, 0.29) is 6.10 Å². The topological polar surface area (TPSA) is 21.3 Å². The Hall–Kier alpha value is -0.840. The maximum Gasteiger partial charge on any atom is 0.123 e. The highest BCUT2D eigenvalue weighted by Gasteiger charge is 2.23. The number of halogens is 1. The SMILES string of the molecule is CCC(NCC1Cc2cc(Br)ccc2O1)c1cccs1. The molecule has 4 heteroatoms. The highest BCUT2D eigenvalue weighted by Crippen LogP contribution is 2.31. The Balaban J connectivity index is 1.58. The molecule has 0 saturated heterocycles. The van der Waals surface area contributed by atoms with Gasteiger partial charge in [0, 0.05) is 28.4 Å². The van der Waals surface area contributed by atoms with E-state index in [9.17, 15) is 0 Å². The number of hydrogen-bond acceptors (Lipinski definition) is 3. The lowest BCUT2D eigenvalue weighted by molar-refractivity contribution is 0.221. The summed E-state index contributed by atoms with van der Waals surface area (Å²) in [7, 11) is 0. The van der Waals surface area contributed by atoms with E-state index in [0.29, 0.717) is 6.04 Å². The van der Waals surface area contributed by atoms with Crippen LogP contribution in [0.25, 0.3) is 0 Å². The summed E-state index contributed by atoms with van der Waals surface area (Å²) in [5.41, 5.74) is 1.30. The van der Waals surface area contributed by atoms with Crippen molar-refractivity contribution in [2.45, 2.75) is 31.9 Å². The number of ether oxygens (including phenoxy) is 1. The molecule has 20 heavy (non-hydrogen) atoms. The number of fused-ring (bicyclic) bond motifs is 1. The van der Waals surface area contributed by atoms with Crippen LogP contribution in [0.3, 0.4) is 0 Å². The number of nitrogens with one attached hydrogen (secondary N) is 1. The summed E-state index contributed by atoms with van der Waals surface area (Å²) in [5.74, 6) is 1.03. The highest BCUT2D eigenvalue weighted by atomic mass is 79.9. The van der Waals surface area contributed by atoms with Crippen molar-refractivity contribution in [1.82, 2.24) is 5.32 Å². The molecule has 2 unspecified atom stereocenters. The molecule has 0 aliphatic carbocycles. The lowest BCUT2D eigenvalue weighted by atomic mass is 10.1. The summed E-state index contributed by atoms with van der Waals surface area (Å²) in [6.45, 7) is 3.11. The van der Waals surface area contributed by atoms with Crippen molar-refractivity contribution < 1.29 is 4.74 Å². The Morgan fingerprint density at radius 1 is 1.45 bits per heavy atom. The molecule has 0 saturated carbocycles. The maximum atomic E-state index is 5.99. The first-order valence-electron chi connectivity index (χ1n) is 6.98. The second kappa shape index (κ2) is 6.29. The van der Waals surface area contributed by atoms with Gasteiger partial charge in [0.2, 0.25) is 0 Å². The standard InChI is InChI=1S/C16H18BrNOS/c1-2-14(16-4-3-7-20-16)18-10-13-9-11-8-12(17)5-6-15(11)19-13/h3-8,13-14,18H,2,9-10H2,1H3. The molecule has 1 N–H and O–H groups in total. The zero-order chi connectivity index (χ0) is 13.9. The van der Waals surface area contributed by atoms with Crippen LogP contribution < -0.4 is 10.1 Å². The zero-order valence-corrected chi connectivity index (χ0v) is 13.8. The van der Waals surface area contributed by atoms with Crippen LogP contribution in [-0.4, -0.2) is 12.6 Å². The van der Waals surface area contributed by atoms with Gasteiger partial charge in [0.15, 0.2) is 0 Å². The van der Waals surface area contributed by atoms with Crippen LogP contribution in [0.1, 0.15) is 29.8 Å². The molecule has 2 heterocycles. The van der Waals surface area contributed by atoms with E-state index in [4.69, 9.17) is 4.74 Å². The van der Waals surface area contributed by atoms with Crippen LogP contribution in [0.15, 0.2) is 40.2 Å². The van der Waals surface area contributed by atoms with E-state index < -0.39 is 0 Å². The fourth-order valence-electron chi connectivity index (χ4n) is 2.61. The second-order valence-corrected chi connectivity index (χ2v) is 6.98. The molecule has 2 atom stereocenters. The average Bonchev–Trinajstić information content (AvgIpc) is 3.08. The smallest absolute Gasteiger partial charge is 0.123 e. The van der Waals surface area contributed by atoms with Gasteiger partial charge in [-0.05, 0) is 41.6 Å². The minimum atomic E-state index is 0.244. The van der Waals surface area contributed by atoms with Crippen LogP contribution >= 0.6 is 27.3 Å². The summed E-state index contributed by atoms with van der Waals surface area (Å²) in [4.78, 5) is 1.41. The maximum absolute atomic E-state index is 5.99. The van der Waals surface area contributed by atoms with Crippen LogP contribution in [0.5, 0.6) is 5.75 Å². The molecule has 0 spiro atoms. The van der Waals surface area contributed by atoms with Gasteiger partial charge in [0.05, 0.1) is 0 Å². The monoisotopic (exact) mass is 351 g/mol. The largest absolute Gasteiger partial charge is 0.488 e. The molecule has 0 amide bonds. The summed E-state index contributed by atoms with van der Waals surface area (Å²) < 4.78 is 7.12. The normalized spacial score (nSPS) is 18.6. The first kappa shape index (κ1) is 14.1. The molecule has 2 nitrogen and oxygen atoms in total. The number of hydrogen-bond donors (Lipinski definition) is 1. The first-order valence-corrected chi connectivity index (χ1v) is 8.65. The molecular formula is C16H18BrNOS. The van der Waals surface area contributed by atoms with E-state index in [1.165, 1.54) is 10.4 Å². The molecule has 1 aromatic heterocycles. The summed E-state index contributed by atoms with van der Waals surface area (Å²) >= 11 is 5.33. The molecule has 0 radical (unpaired) electrons. The average molecular weight is 352 g/mol. The van der Waals surface area contributed by atoms with Gasteiger partial charge in [-0.2, -0.15) is 0 Å². The fourth-order valence-corrected chi connectivity index (χ4v) is 3.91. The Morgan fingerprint density at radius 3 is 3.10 bits per heavy atom. The van der Waals surface area contributed by atoms with Gasteiger partial charge in [-0.15, -0.1) is 11.3 Å². The Bertz CT molecular complexity index is 570. The minimum absolute atomic E-state index is 0.244. The molecular weight excluding hydrogens is 334 g/mol. The van der Waals surface area contributed by atoms with Gasteiger partial charge >= 0.3 is 0 Å². The Labute approximate surface area is 132 Å². The summed E-state index contributed by atoms with van der Waals surface area (Å²) in [6.07, 6.45) is 2.34. The molecule has 1 aliphatic rings. The van der Waals surface area contributed by atoms with Gasteiger partial charge in [-0.3, -0.25) is 0 Å². The van der Waals surface area contributed by atoms with E-state index in [0.717, 1.165) is 29.6 Å². The molecule has 0 bridgehead atoms. The molecule has 2 aromatic rings. The molecule has 106 valence electrons. The molecule has 1 aromatic carbocycles. The Morgan fingerprint density at radius 2 is 2.35 bits per heavy atom. The minimum Gasteiger partial charge on any atom is -0.488 e. The third-order valence-corrected chi connectivity index (χ3v) is 5.13. The van der Waals surface area contributed by atoms with Crippen molar-refractivity contribution in [3.8, 4) is 5.75 Å². The van der Waals surface area contributed by atoms with Gasteiger partial charge in [0.1, 0.15) is 11.9 Å². The van der Waals surface area contributed by atoms with Crippen LogP contribution in [0, 0.1) is 0 Å². The molecule has 1 aliphatic heterocycles. The second-order valence-electron chi connectivity index (χ2n) is 5.08. The highest BCUT2D eigenvalue weighted by molar-refractivity contribution is 9.10. The summed E-state index contributed by atoms with van der Waals surface area (Å²) in [5, 5.41) is 5.77. The Kier molecular flexibility index (Phi) is 4.44. The van der Waals surface area contributed by atoms with Crippen LogP contribution in [-0.2, 0) is 6.42 Å². The molecule has 3 rings (SSSR count). The number of benzene rings is 1. The number of thiophene rings is 1. The van der Waals surface area contributed by atoms with Gasteiger partial charge in [-0.25, -0.2) is 0 Å². The van der Waals surface area contributed by atoms with Gasteiger partial charge < -0.3 is 10.1 Å². The van der Waals surface area contributed by atoms with E-state index in [1.54, 1.807) is 0 Å². The van der Waals surface area contributed by atoms with E-state index >= 15 is 0 Å². The van der Waals surface area contributed by atoms with Crippen molar-refractivity contribution in [3.05, 3.63) is 50.6 Å². The zero-order valence-electron chi connectivity index (χ0n) is 11.4. The van der Waals surface area contributed by atoms with E-state index in [1.807, 2.05) is 17.4 Å². The predicted octanol–water partition coefficient (Wildman–Crippen LogP) is 4.56. The number of rotatable bonds is 5. The van der Waals surface area contributed by atoms with Gasteiger partial charge in [-0.1, -0.05) is 28.9 Å². The van der Waals surface area contributed by atoms with Crippen LogP contribution in [0.2, 0.25) is 0 Å². The first-order chi connectivity index (χ1) is 9.76.